The van der Waals surface area contributed by atoms with Gasteiger partial charge >= 0.3 is 0 Å². The van der Waals surface area contributed by atoms with Crippen molar-refractivity contribution in [2.45, 2.75) is 6.04 Å². The number of amides is 1. The molecule has 0 bridgehead atoms. The van der Waals surface area contributed by atoms with Crippen molar-refractivity contribution in [3.05, 3.63) is 100 Å². The maximum Gasteiger partial charge on any atom is 0.276 e. The summed E-state index contributed by atoms with van der Waals surface area (Å²) >= 11 is 0. The summed E-state index contributed by atoms with van der Waals surface area (Å²) in [5.41, 5.74) is 0.998. The predicted octanol–water partition coefficient (Wildman–Crippen LogP) is 2.47. The molecule has 40 heavy (non-hydrogen) atoms. The van der Waals surface area contributed by atoms with Gasteiger partial charge in [0.15, 0.2) is 11.6 Å². The second-order valence-electron chi connectivity index (χ2n) is 9.04. The Morgan fingerprint density at radius 2 is 1.98 bits per heavy atom. The van der Waals surface area contributed by atoms with Gasteiger partial charge in [-0.2, -0.15) is 15.0 Å². The molecule has 0 radical (unpaired) electrons. The van der Waals surface area contributed by atoms with Crippen LogP contribution in [0.5, 0.6) is 0 Å². The molecule has 0 unspecified atom stereocenters. The lowest BCUT2D eigenvalue weighted by atomic mass is 10.0. The Kier molecular flexibility index (Phi) is 7.59. The number of halogens is 2. The van der Waals surface area contributed by atoms with Gasteiger partial charge < -0.3 is 20.6 Å². The van der Waals surface area contributed by atoms with E-state index in [-0.39, 0.29) is 18.3 Å². The van der Waals surface area contributed by atoms with Crippen LogP contribution >= 0.6 is 0 Å². The Morgan fingerprint density at radius 1 is 1.18 bits per heavy atom. The van der Waals surface area contributed by atoms with Crippen LogP contribution in [0.3, 0.4) is 0 Å². The lowest BCUT2D eigenvalue weighted by Gasteiger charge is -2.35. The van der Waals surface area contributed by atoms with Gasteiger partial charge in [0.05, 0.1) is 29.6 Å². The van der Waals surface area contributed by atoms with Crippen LogP contribution in [0.25, 0.3) is 16.8 Å². The fraction of sp³-hybridized carbons (Fsp3) is 0.179. The third-order valence-electron chi connectivity index (χ3n) is 6.50. The fourth-order valence-corrected chi connectivity index (χ4v) is 4.53. The van der Waals surface area contributed by atoms with Crippen molar-refractivity contribution in [3.63, 3.8) is 0 Å². The van der Waals surface area contributed by atoms with Crippen molar-refractivity contribution in [1.29, 1.82) is 5.26 Å². The van der Waals surface area contributed by atoms with E-state index < -0.39 is 28.8 Å². The molecule has 12 heteroatoms. The minimum Gasteiger partial charge on any atom is -0.395 e. The monoisotopic (exact) mass is 543 g/mol. The smallest absolute Gasteiger partial charge is 0.276 e. The van der Waals surface area contributed by atoms with Crippen molar-refractivity contribution < 1.29 is 18.7 Å². The first-order valence-corrected chi connectivity index (χ1v) is 12.3. The number of aliphatic hydroxyl groups excluding tert-OH is 1. The molecule has 1 aliphatic rings. The summed E-state index contributed by atoms with van der Waals surface area (Å²) in [5.74, 6) is -2.73. The Balaban J connectivity index is 1.53. The molecule has 1 amide bonds. The molecule has 1 aliphatic heterocycles. The molecule has 10 nitrogen and oxygen atoms in total. The van der Waals surface area contributed by atoms with E-state index in [9.17, 15) is 28.7 Å². The Morgan fingerprint density at radius 3 is 2.73 bits per heavy atom. The number of nitrogens with one attached hydrogen (secondary N) is 2. The van der Waals surface area contributed by atoms with Crippen LogP contribution in [0.1, 0.15) is 16.1 Å². The zero-order chi connectivity index (χ0) is 28.2. The number of hydrogen-bond donors (Lipinski definition) is 3. The summed E-state index contributed by atoms with van der Waals surface area (Å²) in [5, 5.41) is 29.2. The molecule has 3 N–H and O–H groups in total. The number of rotatable bonds is 6. The lowest BCUT2D eigenvalue weighted by Crippen LogP contribution is -2.52. The molecule has 0 aliphatic carbocycles. The van der Waals surface area contributed by atoms with E-state index in [1.54, 1.807) is 24.4 Å². The minimum absolute atomic E-state index is 0.0862. The third-order valence-corrected chi connectivity index (χ3v) is 6.50. The predicted molar refractivity (Wildman–Crippen MR) is 143 cm³/mol. The highest BCUT2D eigenvalue weighted by Crippen LogP contribution is 2.34. The highest BCUT2D eigenvalue weighted by molar-refractivity contribution is 6.05. The number of nitriles is 1. The zero-order valence-electron chi connectivity index (χ0n) is 21.0. The first kappa shape index (κ1) is 26.6. The van der Waals surface area contributed by atoms with Gasteiger partial charge in [0.25, 0.3) is 11.5 Å². The minimum atomic E-state index is -1.01. The highest BCUT2D eigenvalue weighted by atomic mass is 19.1. The molecule has 2 aromatic heterocycles. The van der Waals surface area contributed by atoms with Crippen LogP contribution < -0.4 is 21.1 Å². The van der Waals surface area contributed by atoms with E-state index in [1.165, 1.54) is 12.3 Å². The van der Waals surface area contributed by atoms with E-state index in [0.717, 1.165) is 24.3 Å². The van der Waals surface area contributed by atoms with Gasteiger partial charge in [-0.05, 0) is 42.0 Å². The third kappa shape index (κ3) is 5.28. The molecular formula is C28H23F2N7O3. The van der Waals surface area contributed by atoms with Crippen molar-refractivity contribution in [2.24, 2.45) is 0 Å². The standard InChI is InChI=1S/C28H23F2N7O3/c29-21-2-1-3-22(30)27(21)37-26(39)7-6-24(35-37)28(40)34-23-5-4-17(20-14-32-9-8-18(20)13-31)12-25(23)36-11-10-33-19(15-36)16-38/h1-9,12,14,19,33,38H,10-11,15-16H2,(H,34,40)/t19-/m0/s1. The maximum atomic E-state index is 14.4. The molecule has 5 rings (SSSR count). The topological polar surface area (TPSA) is 136 Å². The number of carbonyl (C=O) groups is 1. The first-order valence-electron chi connectivity index (χ1n) is 12.3. The number of benzene rings is 2. The van der Waals surface area contributed by atoms with Gasteiger partial charge in [-0.25, -0.2) is 8.78 Å². The van der Waals surface area contributed by atoms with Crippen LogP contribution in [0.15, 0.2) is 71.8 Å². The summed E-state index contributed by atoms with van der Waals surface area (Å²) in [6.45, 7) is 1.50. The van der Waals surface area contributed by atoms with Crippen LogP contribution in [0.4, 0.5) is 20.2 Å². The molecule has 1 fully saturated rings. The molecule has 202 valence electrons. The van der Waals surface area contributed by atoms with Crippen LogP contribution in [-0.4, -0.2) is 58.1 Å². The van der Waals surface area contributed by atoms with Crippen molar-refractivity contribution >= 4 is 17.3 Å². The van der Waals surface area contributed by atoms with E-state index in [2.05, 4.69) is 26.8 Å². The van der Waals surface area contributed by atoms with E-state index in [4.69, 9.17) is 0 Å². The number of aliphatic hydroxyl groups is 1. The summed E-state index contributed by atoms with van der Waals surface area (Å²) in [6, 6.07) is 14.1. The molecule has 1 saturated heterocycles. The number of carbonyl (C=O) groups excluding carboxylic acids is 1. The Hall–Kier alpha value is -4.99. The molecule has 0 spiro atoms. The van der Waals surface area contributed by atoms with Gasteiger partial charge in [-0.1, -0.05) is 12.1 Å². The normalized spacial score (nSPS) is 14.9. The average Bonchev–Trinajstić information content (AvgIpc) is 2.98. The Labute approximate surface area is 227 Å². The summed E-state index contributed by atoms with van der Waals surface area (Å²) in [7, 11) is 0. The molecule has 0 saturated carbocycles. The number of nitrogens with zero attached hydrogens (tertiary/aromatic N) is 5. The zero-order valence-corrected chi connectivity index (χ0v) is 21.0. The van der Waals surface area contributed by atoms with Crippen LogP contribution in [0.2, 0.25) is 0 Å². The number of para-hydroxylation sites is 1. The first-order chi connectivity index (χ1) is 19.4. The molecule has 1 atom stereocenters. The number of anilines is 2. The van der Waals surface area contributed by atoms with Crippen molar-refractivity contribution in [2.75, 3.05) is 36.5 Å². The SMILES string of the molecule is N#Cc1ccncc1-c1ccc(NC(=O)c2ccc(=O)n(-c3c(F)cccc3F)n2)c(N2CCN[C@H](CO)C2)c1. The average molecular weight is 544 g/mol. The second kappa shape index (κ2) is 11.4. The van der Waals surface area contributed by atoms with Crippen molar-refractivity contribution in [1.82, 2.24) is 20.1 Å². The van der Waals surface area contributed by atoms with Gasteiger partial charge in [0.2, 0.25) is 0 Å². The number of pyridine rings is 1. The molecular weight excluding hydrogens is 520 g/mol. The number of piperazine rings is 1. The summed E-state index contributed by atoms with van der Waals surface area (Å²) < 4.78 is 29.2. The quantitative estimate of drug-likeness (QED) is 0.338. The summed E-state index contributed by atoms with van der Waals surface area (Å²) in [6.07, 6.45) is 3.11. The largest absolute Gasteiger partial charge is 0.395 e. The fourth-order valence-electron chi connectivity index (χ4n) is 4.53. The highest BCUT2D eigenvalue weighted by Gasteiger charge is 2.23. The van der Waals surface area contributed by atoms with Gasteiger partial charge in [0, 0.05) is 49.7 Å². The second-order valence-corrected chi connectivity index (χ2v) is 9.04. The molecule has 3 heterocycles. The van der Waals surface area contributed by atoms with E-state index in [0.29, 0.717) is 52.4 Å². The number of hydrogen-bond acceptors (Lipinski definition) is 8. The molecule has 2 aromatic carbocycles. The van der Waals surface area contributed by atoms with Gasteiger partial charge in [-0.15, -0.1) is 0 Å². The summed E-state index contributed by atoms with van der Waals surface area (Å²) in [4.78, 5) is 31.8. The van der Waals surface area contributed by atoms with Crippen LogP contribution in [0, 0.1) is 23.0 Å². The van der Waals surface area contributed by atoms with Gasteiger partial charge in [0.1, 0.15) is 11.4 Å². The van der Waals surface area contributed by atoms with Crippen LogP contribution in [-0.2, 0) is 0 Å². The van der Waals surface area contributed by atoms with Gasteiger partial charge in [-0.3, -0.25) is 14.6 Å². The van der Waals surface area contributed by atoms with Crippen molar-refractivity contribution in [3.8, 4) is 22.9 Å². The maximum absolute atomic E-state index is 14.4. The van der Waals surface area contributed by atoms with E-state index >= 15 is 0 Å². The Bertz CT molecular complexity index is 1670. The lowest BCUT2D eigenvalue weighted by molar-refractivity contribution is 0.102. The number of aromatic nitrogens is 3. The molecule has 4 aromatic rings. The van der Waals surface area contributed by atoms with E-state index in [1.807, 2.05) is 11.0 Å².